The minimum atomic E-state index is -3.30. The Balaban J connectivity index is 1.74. The summed E-state index contributed by atoms with van der Waals surface area (Å²) in [7, 11) is -3.30. The van der Waals surface area contributed by atoms with Crippen LogP contribution in [-0.4, -0.2) is 24.8 Å². The molecule has 1 aromatic heterocycles. The van der Waals surface area contributed by atoms with Gasteiger partial charge in [0.25, 0.3) is 0 Å². The van der Waals surface area contributed by atoms with Crippen molar-refractivity contribution in [1.29, 1.82) is 0 Å². The van der Waals surface area contributed by atoms with E-state index >= 15 is 0 Å². The van der Waals surface area contributed by atoms with Crippen LogP contribution in [0.2, 0.25) is 5.02 Å². The zero-order valence-corrected chi connectivity index (χ0v) is 14.3. The molecule has 1 heterocycles. The monoisotopic (exact) mass is 363 g/mol. The van der Waals surface area contributed by atoms with Gasteiger partial charge >= 0.3 is 0 Å². The van der Waals surface area contributed by atoms with E-state index in [1.165, 1.54) is 0 Å². The maximum atomic E-state index is 11.2. The van der Waals surface area contributed by atoms with Gasteiger partial charge in [0.05, 0.1) is 12.7 Å². The van der Waals surface area contributed by atoms with Crippen molar-refractivity contribution in [3.63, 3.8) is 0 Å². The maximum absolute atomic E-state index is 11.2. The standard InChI is InChI=1S/C16H14ClN3O3S/c1-24(21,22)20-14-8-4-12(5-9-14)16-18-15(23-19-16)10-11-2-6-13(17)7-3-11/h2-9,20H,10H2,1H3. The number of hydrogen-bond donors (Lipinski definition) is 1. The van der Waals surface area contributed by atoms with Crippen LogP contribution in [0.25, 0.3) is 11.4 Å². The van der Waals surface area contributed by atoms with Gasteiger partial charge in [-0.25, -0.2) is 8.42 Å². The molecule has 0 bridgehead atoms. The van der Waals surface area contributed by atoms with E-state index in [4.69, 9.17) is 16.1 Å². The van der Waals surface area contributed by atoms with Gasteiger partial charge in [-0.2, -0.15) is 4.98 Å². The maximum Gasteiger partial charge on any atom is 0.231 e. The second-order valence-electron chi connectivity index (χ2n) is 5.27. The number of anilines is 1. The van der Waals surface area contributed by atoms with E-state index in [2.05, 4.69) is 14.9 Å². The quantitative estimate of drug-likeness (QED) is 0.751. The molecule has 0 fully saturated rings. The van der Waals surface area contributed by atoms with E-state index < -0.39 is 10.0 Å². The van der Waals surface area contributed by atoms with Crippen LogP contribution in [0.4, 0.5) is 5.69 Å². The van der Waals surface area contributed by atoms with Gasteiger partial charge in [-0.1, -0.05) is 28.9 Å². The molecule has 124 valence electrons. The van der Waals surface area contributed by atoms with E-state index in [0.29, 0.717) is 28.8 Å². The minimum absolute atomic E-state index is 0.449. The molecule has 8 heteroatoms. The number of hydrogen-bond acceptors (Lipinski definition) is 5. The molecule has 0 atom stereocenters. The number of aromatic nitrogens is 2. The van der Waals surface area contributed by atoms with E-state index in [0.717, 1.165) is 17.4 Å². The van der Waals surface area contributed by atoms with Crippen LogP contribution in [0.1, 0.15) is 11.5 Å². The molecule has 0 unspecified atom stereocenters. The molecule has 0 aliphatic rings. The van der Waals surface area contributed by atoms with E-state index in [1.807, 2.05) is 24.3 Å². The zero-order valence-electron chi connectivity index (χ0n) is 12.7. The summed E-state index contributed by atoms with van der Waals surface area (Å²) in [5, 5.41) is 4.63. The van der Waals surface area contributed by atoms with Crippen molar-refractivity contribution < 1.29 is 12.9 Å². The normalized spacial score (nSPS) is 11.4. The van der Waals surface area contributed by atoms with Gasteiger partial charge < -0.3 is 4.52 Å². The van der Waals surface area contributed by atoms with Gasteiger partial charge in [0.15, 0.2) is 0 Å². The summed E-state index contributed by atoms with van der Waals surface area (Å²) in [4.78, 5) is 4.35. The van der Waals surface area contributed by atoms with Crippen LogP contribution in [0.15, 0.2) is 53.1 Å². The molecule has 6 nitrogen and oxygen atoms in total. The third-order valence-corrected chi connectivity index (χ3v) is 4.04. The van der Waals surface area contributed by atoms with Crippen LogP contribution in [0.3, 0.4) is 0 Å². The summed E-state index contributed by atoms with van der Waals surface area (Å²) in [6, 6.07) is 14.2. The number of nitrogens with one attached hydrogen (secondary N) is 1. The molecule has 0 aliphatic heterocycles. The van der Waals surface area contributed by atoms with Crippen LogP contribution in [0, 0.1) is 0 Å². The van der Waals surface area contributed by atoms with Crippen molar-refractivity contribution in [2.75, 3.05) is 11.0 Å². The average molecular weight is 364 g/mol. The Kier molecular flexibility index (Phi) is 4.55. The molecule has 3 rings (SSSR count). The summed E-state index contributed by atoms with van der Waals surface area (Å²) in [6.45, 7) is 0. The number of nitrogens with zero attached hydrogens (tertiary/aromatic N) is 2. The first-order valence-electron chi connectivity index (χ1n) is 7.04. The SMILES string of the molecule is CS(=O)(=O)Nc1ccc(-c2noc(Cc3ccc(Cl)cc3)n2)cc1. The lowest BCUT2D eigenvalue weighted by Gasteiger charge is -2.03. The second kappa shape index (κ2) is 6.62. The Morgan fingerprint density at radius 2 is 1.75 bits per heavy atom. The lowest BCUT2D eigenvalue weighted by atomic mass is 10.1. The average Bonchev–Trinajstić information content (AvgIpc) is 2.97. The Bertz CT molecular complexity index is 935. The predicted molar refractivity (Wildman–Crippen MR) is 92.5 cm³/mol. The summed E-state index contributed by atoms with van der Waals surface area (Å²) in [5.41, 5.74) is 2.23. The Hall–Kier alpha value is -2.38. The lowest BCUT2D eigenvalue weighted by molar-refractivity contribution is 0.385. The van der Waals surface area contributed by atoms with E-state index in [9.17, 15) is 8.42 Å². The van der Waals surface area contributed by atoms with Crippen LogP contribution < -0.4 is 4.72 Å². The molecule has 0 saturated heterocycles. The topological polar surface area (TPSA) is 85.1 Å². The summed E-state index contributed by atoms with van der Waals surface area (Å²) in [6.07, 6.45) is 1.61. The van der Waals surface area contributed by atoms with Crippen molar-refractivity contribution in [3.8, 4) is 11.4 Å². The first-order valence-corrected chi connectivity index (χ1v) is 9.31. The van der Waals surface area contributed by atoms with Crippen LogP contribution >= 0.6 is 11.6 Å². The molecule has 24 heavy (non-hydrogen) atoms. The zero-order chi connectivity index (χ0) is 17.2. The molecule has 0 saturated carbocycles. The Morgan fingerprint density at radius 3 is 2.38 bits per heavy atom. The summed E-state index contributed by atoms with van der Waals surface area (Å²) < 4.78 is 30.0. The highest BCUT2D eigenvalue weighted by Gasteiger charge is 2.10. The molecular formula is C16H14ClN3O3S. The third-order valence-electron chi connectivity index (χ3n) is 3.18. The fraction of sp³-hybridized carbons (Fsp3) is 0.125. The fourth-order valence-electron chi connectivity index (χ4n) is 2.12. The smallest absolute Gasteiger partial charge is 0.231 e. The van der Waals surface area contributed by atoms with Crippen LogP contribution in [0.5, 0.6) is 0 Å². The highest BCUT2D eigenvalue weighted by Crippen LogP contribution is 2.20. The minimum Gasteiger partial charge on any atom is -0.339 e. The van der Waals surface area contributed by atoms with Gasteiger partial charge in [0.1, 0.15) is 0 Å². The van der Waals surface area contributed by atoms with Crippen molar-refractivity contribution in [3.05, 3.63) is 65.0 Å². The number of halogens is 1. The van der Waals surface area contributed by atoms with E-state index in [-0.39, 0.29) is 0 Å². The second-order valence-corrected chi connectivity index (χ2v) is 7.45. The van der Waals surface area contributed by atoms with Gasteiger partial charge in [-0.05, 0) is 42.0 Å². The number of rotatable bonds is 5. The van der Waals surface area contributed by atoms with Crippen molar-refractivity contribution in [2.45, 2.75) is 6.42 Å². The summed E-state index contributed by atoms with van der Waals surface area (Å²) >= 11 is 5.86. The summed E-state index contributed by atoms with van der Waals surface area (Å²) in [5.74, 6) is 0.940. The fourth-order valence-corrected chi connectivity index (χ4v) is 2.81. The van der Waals surface area contributed by atoms with Gasteiger partial charge in [0.2, 0.25) is 21.7 Å². The molecule has 3 aromatic rings. The molecule has 2 aromatic carbocycles. The highest BCUT2D eigenvalue weighted by atomic mass is 35.5. The van der Waals surface area contributed by atoms with Crippen molar-refractivity contribution >= 4 is 27.3 Å². The molecular weight excluding hydrogens is 350 g/mol. The largest absolute Gasteiger partial charge is 0.339 e. The van der Waals surface area contributed by atoms with Crippen molar-refractivity contribution in [1.82, 2.24) is 10.1 Å². The predicted octanol–water partition coefficient (Wildman–Crippen LogP) is 3.35. The van der Waals surface area contributed by atoms with Crippen LogP contribution in [-0.2, 0) is 16.4 Å². The number of sulfonamides is 1. The molecule has 0 radical (unpaired) electrons. The molecule has 0 spiro atoms. The van der Waals surface area contributed by atoms with Gasteiger partial charge in [0, 0.05) is 16.3 Å². The third kappa shape index (κ3) is 4.33. The Morgan fingerprint density at radius 1 is 1.08 bits per heavy atom. The van der Waals surface area contributed by atoms with Gasteiger partial charge in [-0.3, -0.25) is 4.72 Å². The lowest BCUT2D eigenvalue weighted by Crippen LogP contribution is -2.09. The highest BCUT2D eigenvalue weighted by molar-refractivity contribution is 7.92. The number of benzene rings is 2. The van der Waals surface area contributed by atoms with Gasteiger partial charge in [-0.15, -0.1) is 0 Å². The molecule has 1 N–H and O–H groups in total. The molecule has 0 aliphatic carbocycles. The Labute approximate surface area is 144 Å². The van der Waals surface area contributed by atoms with Crippen molar-refractivity contribution in [2.24, 2.45) is 0 Å². The first kappa shape index (κ1) is 16.5. The first-order chi connectivity index (χ1) is 11.4. The molecule has 0 amide bonds. The van der Waals surface area contributed by atoms with E-state index in [1.54, 1.807) is 24.3 Å².